The van der Waals surface area contributed by atoms with E-state index in [9.17, 15) is 22.8 Å². The highest BCUT2D eigenvalue weighted by Crippen LogP contribution is 2.29. The van der Waals surface area contributed by atoms with E-state index < -0.39 is 41.1 Å². The average molecular weight is 425 g/mol. The molecule has 162 valence electrons. The van der Waals surface area contributed by atoms with Gasteiger partial charge in [0.15, 0.2) is 35.1 Å². The highest BCUT2D eigenvalue weighted by molar-refractivity contribution is 5.97. The summed E-state index contributed by atoms with van der Waals surface area (Å²) >= 11 is 0. The smallest absolute Gasteiger partial charge is 0.339 e. The summed E-state index contributed by atoms with van der Waals surface area (Å²) in [6.07, 6.45) is -0.544. The van der Waals surface area contributed by atoms with Crippen LogP contribution in [0.2, 0.25) is 0 Å². The molecular formula is C21H22F3NO5. The molecule has 2 aromatic carbocycles. The standard InChI is InChI=1S/C21H22F3NO5/c1-4-10-29-16-9-6-13(11-17(16)28-5-2)21(27)30-12(3)20(26)25-15-8-7-14(22)18(23)19(15)24/h6-9,11-12H,4-5,10H2,1-3H3,(H,25,26). The number of amides is 1. The number of hydrogen-bond donors (Lipinski definition) is 1. The number of hydrogen-bond acceptors (Lipinski definition) is 5. The summed E-state index contributed by atoms with van der Waals surface area (Å²) in [6.45, 7) is 5.80. The van der Waals surface area contributed by atoms with Gasteiger partial charge in [-0.2, -0.15) is 0 Å². The summed E-state index contributed by atoms with van der Waals surface area (Å²) in [5, 5.41) is 2.06. The monoisotopic (exact) mass is 425 g/mol. The number of esters is 1. The van der Waals surface area contributed by atoms with Crippen LogP contribution < -0.4 is 14.8 Å². The third-order valence-electron chi connectivity index (χ3n) is 3.89. The predicted octanol–water partition coefficient (Wildman–Crippen LogP) is 4.48. The second kappa shape index (κ2) is 10.5. The fourth-order valence-electron chi connectivity index (χ4n) is 2.37. The first-order chi connectivity index (χ1) is 14.3. The summed E-state index contributed by atoms with van der Waals surface area (Å²) in [7, 11) is 0. The van der Waals surface area contributed by atoms with Gasteiger partial charge in [-0.1, -0.05) is 6.92 Å². The topological polar surface area (TPSA) is 73.9 Å². The van der Waals surface area contributed by atoms with Crippen molar-refractivity contribution in [1.29, 1.82) is 0 Å². The van der Waals surface area contributed by atoms with E-state index in [2.05, 4.69) is 5.32 Å². The number of benzene rings is 2. The molecule has 0 saturated heterocycles. The Morgan fingerprint density at radius 3 is 2.40 bits per heavy atom. The summed E-state index contributed by atoms with van der Waals surface area (Å²) in [5.74, 6) is -5.58. The van der Waals surface area contributed by atoms with Crippen LogP contribution in [0.15, 0.2) is 30.3 Å². The van der Waals surface area contributed by atoms with Crippen LogP contribution in [0.25, 0.3) is 0 Å². The molecule has 0 aliphatic rings. The molecule has 0 spiro atoms. The maximum Gasteiger partial charge on any atom is 0.339 e. The summed E-state index contributed by atoms with van der Waals surface area (Å²) in [6, 6.07) is 5.97. The highest BCUT2D eigenvalue weighted by Gasteiger charge is 2.22. The van der Waals surface area contributed by atoms with Crippen molar-refractivity contribution in [2.24, 2.45) is 0 Å². The van der Waals surface area contributed by atoms with Crippen molar-refractivity contribution in [3.8, 4) is 11.5 Å². The number of halogens is 3. The molecule has 2 aromatic rings. The van der Waals surface area contributed by atoms with Crippen LogP contribution in [0.1, 0.15) is 37.6 Å². The molecule has 2 rings (SSSR count). The van der Waals surface area contributed by atoms with Crippen LogP contribution in [0, 0.1) is 17.5 Å². The van der Waals surface area contributed by atoms with E-state index in [0.29, 0.717) is 30.8 Å². The second-order valence-corrected chi connectivity index (χ2v) is 6.20. The van der Waals surface area contributed by atoms with Gasteiger partial charge in [0.1, 0.15) is 0 Å². The molecule has 0 aliphatic heterocycles. The molecule has 1 N–H and O–H groups in total. The van der Waals surface area contributed by atoms with Crippen LogP contribution in [0.4, 0.5) is 18.9 Å². The Morgan fingerprint density at radius 2 is 1.73 bits per heavy atom. The van der Waals surface area contributed by atoms with E-state index >= 15 is 0 Å². The Hall–Kier alpha value is -3.23. The quantitative estimate of drug-likeness (QED) is 0.474. The minimum absolute atomic E-state index is 0.112. The molecule has 0 fully saturated rings. The first-order valence-electron chi connectivity index (χ1n) is 9.33. The number of rotatable bonds is 9. The predicted molar refractivity (Wildman–Crippen MR) is 103 cm³/mol. The van der Waals surface area contributed by atoms with Crippen LogP contribution in [-0.2, 0) is 9.53 Å². The average Bonchev–Trinajstić information content (AvgIpc) is 2.73. The SMILES string of the molecule is CCCOc1ccc(C(=O)OC(C)C(=O)Nc2ccc(F)c(F)c2F)cc1OCC. The maximum atomic E-state index is 13.7. The van der Waals surface area contributed by atoms with Crippen LogP contribution >= 0.6 is 0 Å². The third-order valence-corrected chi connectivity index (χ3v) is 3.89. The number of anilines is 1. The second-order valence-electron chi connectivity index (χ2n) is 6.20. The molecule has 0 aliphatic carbocycles. The molecule has 1 amide bonds. The molecule has 0 aromatic heterocycles. The molecular weight excluding hydrogens is 403 g/mol. The third kappa shape index (κ3) is 5.65. The first-order valence-corrected chi connectivity index (χ1v) is 9.33. The van der Waals surface area contributed by atoms with E-state index in [0.717, 1.165) is 12.5 Å². The van der Waals surface area contributed by atoms with E-state index in [4.69, 9.17) is 14.2 Å². The van der Waals surface area contributed by atoms with E-state index in [1.54, 1.807) is 13.0 Å². The van der Waals surface area contributed by atoms with Crippen molar-refractivity contribution >= 4 is 17.6 Å². The lowest BCUT2D eigenvalue weighted by Gasteiger charge is -2.16. The lowest BCUT2D eigenvalue weighted by molar-refractivity contribution is -0.123. The van der Waals surface area contributed by atoms with E-state index in [-0.39, 0.29) is 5.56 Å². The van der Waals surface area contributed by atoms with Gasteiger partial charge in [-0.25, -0.2) is 18.0 Å². The molecule has 9 heteroatoms. The maximum absolute atomic E-state index is 13.7. The summed E-state index contributed by atoms with van der Waals surface area (Å²) < 4.78 is 56.1. The summed E-state index contributed by atoms with van der Waals surface area (Å²) in [5.41, 5.74) is -0.459. The van der Waals surface area contributed by atoms with Gasteiger partial charge in [0, 0.05) is 0 Å². The number of carbonyl (C=O) groups is 2. The van der Waals surface area contributed by atoms with Gasteiger partial charge in [0.2, 0.25) is 0 Å². The van der Waals surface area contributed by atoms with E-state index in [1.165, 1.54) is 19.1 Å². The Bertz CT molecular complexity index is 920. The van der Waals surface area contributed by atoms with Gasteiger partial charge in [-0.05, 0) is 50.6 Å². The zero-order valence-electron chi connectivity index (χ0n) is 16.8. The van der Waals surface area contributed by atoms with Crippen LogP contribution in [0.5, 0.6) is 11.5 Å². The van der Waals surface area contributed by atoms with Gasteiger partial charge in [-0.15, -0.1) is 0 Å². The molecule has 0 heterocycles. The molecule has 0 radical (unpaired) electrons. The number of carbonyl (C=O) groups excluding carboxylic acids is 2. The first kappa shape index (κ1) is 23.1. The van der Waals surface area contributed by atoms with Crippen molar-refractivity contribution < 1.29 is 37.0 Å². The molecule has 0 bridgehead atoms. The van der Waals surface area contributed by atoms with Gasteiger partial charge >= 0.3 is 5.97 Å². The fourth-order valence-corrected chi connectivity index (χ4v) is 2.37. The molecule has 1 atom stereocenters. The van der Waals surface area contributed by atoms with Crippen LogP contribution in [-0.4, -0.2) is 31.2 Å². The van der Waals surface area contributed by atoms with Gasteiger partial charge in [-0.3, -0.25) is 4.79 Å². The highest BCUT2D eigenvalue weighted by atomic mass is 19.2. The van der Waals surface area contributed by atoms with Crippen molar-refractivity contribution in [2.45, 2.75) is 33.3 Å². The lowest BCUT2D eigenvalue weighted by atomic mass is 10.2. The minimum Gasteiger partial charge on any atom is -0.490 e. The Labute approximate surface area is 171 Å². The van der Waals surface area contributed by atoms with Gasteiger partial charge in [0.05, 0.1) is 24.5 Å². The number of ether oxygens (including phenoxy) is 3. The minimum atomic E-state index is -1.72. The Balaban J connectivity index is 2.08. The fraction of sp³-hybridized carbons (Fsp3) is 0.333. The largest absolute Gasteiger partial charge is 0.490 e. The molecule has 30 heavy (non-hydrogen) atoms. The van der Waals surface area contributed by atoms with Crippen molar-refractivity contribution in [3.05, 3.63) is 53.3 Å². The van der Waals surface area contributed by atoms with Crippen molar-refractivity contribution in [2.75, 3.05) is 18.5 Å². The zero-order chi connectivity index (χ0) is 22.3. The molecule has 0 saturated carbocycles. The Kier molecular flexibility index (Phi) is 8.08. The van der Waals surface area contributed by atoms with Gasteiger partial charge < -0.3 is 19.5 Å². The molecule has 6 nitrogen and oxygen atoms in total. The van der Waals surface area contributed by atoms with Crippen molar-refractivity contribution in [3.63, 3.8) is 0 Å². The summed E-state index contributed by atoms with van der Waals surface area (Å²) in [4.78, 5) is 24.5. The normalized spacial score (nSPS) is 11.5. The Morgan fingerprint density at radius 1 is 1.00 bits per heavy atom. The molecule has 1 unspecified atom stereocenters. The van der Waals surface area contributed by atoms with Crippen LogP contribution in [0.3, 0.4) is 0 Å². The number of nitrogens with one attached hydrogen (secondary N) is 1. The van der Waals surface area contributed by atoms with Gasteiger partial charge in [0.25, 0.3) is 5.91 Å². The van der Waals surface area contributed by atoms with E-state index in [1.807, 2.05) is 6.92 Å². The lowest BCUT2D eigenvalue weighted by Crippen LogP contribution is -2.30. The van der Waals surface area contributed by atoms with Crippen molar-refractivity contribution in [1.82, 2.24) is 0 Å². The zero-order valence-corrected chi connectivity index (χ0v) is 16.8.